The van der Waals surface area contributed by atoms with E-state index in [4.69, 9.17) is 5.73 Å². The van der Waals surface area contributed by atoms with E-state index in [0.717, 1.165) is 12.0 Å². The van der Waals surface area contributed by atoms with Crippen molar-refractivity contribution in [2.75, 3.05) is 5.73 Å². The molecule has 0 saturated heterocycles. The highest BCUT2D eigenvalue weighted by Gasteiger charge is 2.08. The van der Waals surface area contributed by atoms with Gasteiger partial charge in [0.1, 0.15) is 5.82 Å². The fourth-order valence-corrected chi connectivity index (χ4v) is 1.79. The fourth-order valence-electron chi connectivity index (χ4n) is 1.79. The van der Waals surface area contributed by atoms with Gasteiger partial charge in [-0.15, -0.1) is 0 Å². The predicted molar refractivity (Wildman–Crippen MR) is 66.5 cm³/mol. The Labute approximate surface area is 97.5 Å². The minimum atomic E-state index is -0.518. The predicted octanol–water partition coefficient (Wildman–Crippen LogP) is 0.670. The molecule has 17 heavy (non-hydrogen) atoms. The molecule has 2 rings (SSSR count). The zero-order valence-electron chi connectivity index (χ0n) is 9.43. The highest BCUT2D eigenvalue weighted by molar-refractivity contribution is 5.47. The van der Waals surface area contributed by atoms with Gasteiger partial charge in [0.2, 0.25) is 0 Å². The fraction of sp³-hybridized carbons (Fsp3) is 0.167. The van der Waals surface area contributed by atoms with Gasteiger partial charge < -0.3 is 5.73 Å². The molecule has 0 aliphatic carbocycles. The third kappa shape index (κ3) is 1.99. The second kappa shape index (κ2) is 4.29. The molecule has 88 valence electrons. The van der Waals surface area contributed by atoms with Gasteiger partial charge in [-0.05, 0) is 18.1 Å². The maximum atomic E-state index is 11.8. The molecule has 2 aromatic rings. The lowest BCUT2D eigenvalue weighted by Gasteiger charge is -2.12. The van der Waals surface area contributed by atoms with Gasteiger partial charge in [-0.1, -0.05) is 25.1 Å². The zero-order valence-corrected chi connectivity index (χ0v) is 9.43. The van der Waals surface area contributed by atoms with E-state index < -0.39 is 11.2 Å². The number of hydrogen-bond acceptors (Lipinski definition) is 3. The molecule has 0 aliphatic heterocycles. The summed E-state index contributed by atoms with van der Waals surface area (Å²) >= 11 is 0. The van der Waals surface area contributed by atoms with Crippen molar-refractivity contribution in [3.05, 3.63) is 56.7 Å². The quantitative estimate of drug-likeness (QED) is 0.797. The van der Waals surface area contributed by atoms with E-state index in [1.54, 1.807) is 6.07 Å². The minimum absolute atomic E-state index is 0.139. The van der Waals surface area contributed by atoms with Gasteiger partial charge in [-0.2, -0.15) is 0 Å². The lowest BCUT2D eigenvalue weighted by Crippen LogP contribution is -2.30. The van der Waals surface area contributed by atoms with Crippen molar-refractivity contribution in [1.29, 1.82) is 0 Å². The van der Waals surface area contributed by atoms with E-state index >= 15 is 0 Å². The summed E-state index contributed by atoms with van der Waals surface area (Å²) in [7, 11) is 0. The molecule has 0 aliphatic rings. The van der Waals surface area contributed by atoms with Crippen molar-refractivity contribution < 1.29 is 0 Å². The number of aryl methyl sites for hydroxylation is 1. The van der Waals surface area contributed by atoms with E-state index in [1.165, 1.54) is 10.6 Å². The summed E-state index contributed by atoms with van der Waals surface area (Å²) < 4.78 is 1.31. The number of para-hydroxylation sites is 1. The van der Waals surface area contributed by atoms with Gasteiger partial charge in [-0.25, -0.2) is 9.36 Å². The Morgan fingerprint density at radius 1 is 1.29 bits per heavy atom. The van der Waals surface area contributed by atoms with Gasteiger partial charge in [-0.3, -0.25) is 9.78 Å². The van der Waals surface area contributed by atoms with Crippen LogP contribution in [0.25, 0.3) is 5.69 Å². The van der Waals surface area contributed by atoms with E-state index in [1.807, 2.05) is 25.1 Å². The SMILES string of the molecule is CCc1ccccc1-n1c(N)cc(=O)[nH]c1=O. The van der Waals surface area contributed by atoms with Crippen LogP contribution in [-0.2, 0) is 6.42 Å². The number of anilines is 1. The molecule has 3 N–H and O–H groups in total. The summed E-state index contributed by atoms with van der Waals surface area (Å²) in [6.07, 6.45) is 0.779. The molecule has 5 heteroatoms. The first-order valence-corrected chi connectivity index (χ1v) is 5.33. The first kappa shape index (κ1) is 11.2. The van der Waals surface area contributed by atoms with Crippen LogP contribution >= 0.6 is 0 Å². The second-order valence-electron chi connectivity index (χ2n) is 3.68. The number of nitrogens with two attached hydrogens (primary N) is 1. The van der Waals surface area contributed by atoms with Crippen molar-refractivity contribution in [3.8, 4) is 5.69 Å². The molecule has 0 radical (unpaired) electrons. The lowest BCUT2D eigenvalue weighted by atomic mass is 10.1. The van der Waals surface area contributed by atoms with Crippen LogP contribution in [0.15, 0.2) is 39.9 Å². The molecule has 0 saturated carbocycles. The van der Waals surface area contributed by atoms with E-state index in [0.29, 0.717) is 5.69 Å². The van der Waals surface area contributed by atoms with Crippen molar-refractivity contribution in [1.82, 2.24) is 9.55 Å². The van der Waals surface area contributed by atoms with Crippen LogP contribution in [-0.4, -0.2) is 9.55 Å². The maximum absolute atomic E-state index is 11.8. The highest BCUT2D eigenvalue weighted by atomic mass is 16.2. The topological polar surface area (TPSA) is 80.9 Å². The van der Waals surface area contributed by atoms with Crippen LogP contribution in [0.2, 0.25) is 0 Å². The lowest BCUT2D eigenvalue weighted by molar-refractivity contribution is 0.892. The maximum Gasteiger partial charge on any atom is 0.334 e. The van der Waals surface area contributed by atoms with Crippen molar-refractivity contribution in [2.45, 2.75) is 13.3 Å². The first-order chi connectivity index (χ1) is 8.13. The number of nitrogens with zero attached hydrogens (tertiary/aromatic N) is 1. The molecular formula is C12H13N3O2. The summed E-state index contributed by atoms with van der Waals surface area (Å²) in [5.41, 5.74) is 6.41. The average Bonchev–Trinajstić information content (AvgIpc) is 2.28. The number of hydrogen-bond donors (Lipinski definition) is 2. The van der Waals surface area contributed by atoms with Crippen molar-refractivity contribution >= 4 is 5.82 Å². The molecular weight excluding hydrogens is 218 g/mol. The minimum Gasteiger partial charge on any atom is -0.385 e. The van der Waals surface area contributed by atoms with Gasteiger partial charge in [0.05, 0.1) is 5.69 Å². The molecule has 0 bridgehead atoms. The van der Waals surface area contributed by atoms with E-state index in [-0.39, 0.29) is 5.82 Å². The van der Waals surface area contributed by atoms with Crippen LogP contribution in [0.3, 0.4) is 0 Å². The van der Waals surface area contributed by atoms with Crippen molar-refractivity contribution in [2.24, 2.45) is 0 Å². The van der Waals surface area contributed by atoms with Gasteiger partial charge in [0.25, 0.3) is 5.56 Å². The van der Waals surface area contributed by atoms with Gasteiger partial charge >= 0.3 is 5.69 Å². The van der Waals surface area contributed by atoms with Crippen LogP contribution in [0, 0.1) is 0 Å². The molecule has 0 unspecified atom stereocenters. The smallest absolute Gasteiger partial charge is 0.334 e. The van der Waals surface area contributed by atoms with Crippen LogP contribution < -0.4 is 17.0 Å². The number of rotatable bonds is 2. The van der Waals surface area contributed by atoms with Crippen LogP contribution in [0.1, 0.15) is 12.5 Å². The molecule has 1 aromatic heterocycles. The number of aromatic amines is 1. The third-order valence-electron chi connectivity index (χ3n) is 2.58. The number of nitrogens with one attached hydrogen (secondary N) is 1. The Bertz CT molecular complexity index is 655. The number of H-pyrrole nitrogens is 1. The Balaban J connectivity index is 2.77. The molecule has 5 nitrogen and oxygen atoms in total. The van der Waals surface area contributed by atoms with E-state index in [9.17, 15) is 9.59 Å². The number of benzene rings is 1. The van der Waals surface area contributed by atoms with Gasteiger partial charge in [0, 0.05) is 6.07 Å². The second-order valence-corrected chi connectivity index (χ2v) is 3.68. The summed E-state index contributed by atoms with van der Waals surface area (Å²) in [6, 6.07) is 8.65. The summed E-state index contributed by atoms with van der Waals surface area (Å²) in [5.74, 6) is 0.139. The number of nitrogen functional groups attached to an aromatic ring is 1. The molecule has 0 amide bonds. The molecule has 0 spiro atoms. The zero-order chi connectivity index (χ0) is 12.4. The normalized spacial score (nSPS) is 10.4. The van der Waals surface area contributed by atoms with Gasteiger partial charge in [0.15, 0.2) is 0 Å². The average molecular weight is 231 g/mol. The molecule has 1 heterocycles. The number of aromatic nitrogens is 2. The Morgan fingerprint density at radius 3 is 2.65 bits per heavy atom. The Hall–Kier alpha value is -2.30. The Kier molecular flexibility index (Phi) is 2.82. The summed E-state index contributed by atoms with van der Waals surface area (Å²) in [5, 5.41) is 0. The molecule has 1 aromatic carbocycles. The third-order valence-corrected chi connectivity index (χ3v) is 2.58. The largest absolute Gasteiger partial charge is 0.385 e. The summed E-state index contributed by atoms with van der Waals surface area (Å²) in [4.78, 5) is 25.1. The van der Waals surface area contributed by atoms with E-state index in [2.05, 4.69) is 4.98 Å². The summed E-state index contributed by atoms with van der Waals surface area (Å²) in [6.45, 7) is 1.99. The van der Waals surface area contributed by atoms with Crippen LogP contribution in [0.4, 0.5) is 5.82 Å². The monoisotopic (exact) mass is 231 g/mol. The van der Waals surface area contributed by atoms with Crippen molar-refractivity contribution in [3.63, 3.8) is 0 Å². The standard InChI is InChI=1S/C12H13N3O2/c1-2-8-5-3-4-6-9(8)15-10(13)7-11(16)14-12(15)17/h3-7H,2,13H2,1H3,(H,14,16,17). The highest BCUT2D eigenvalue weighted by Crippen LogP contribution is 2.15. The Morgan fingerprint density at radius 2 is 2.00 bits per heavy atom. The van der Waals surface area contributed by atoms with Crippen LogP contribution in [0.5, 0.6) is 0 Å². The molecule has 0 fully saturated rings. The first-order valence-electron chi connectivity index (χ1n) is 5.33. The molecule has 0 atom stereocenters.